The molecule has 1 fully saturated rings. The van der Waals surface area contributed by atoms with E-state index in [-0.39, 0.29) is 0 Å². The molecule has 5 nitrogen and oxygen atoms in total. The monoisotopic (exact) mass is 371 g/mol. The summed E-state index contributed by atoms with van der Waals surface area (Å²) in [6.07, 6.45) is 2.74. The van der Waals surface area contributed by atoms with Gasteiger partial charge >= 0.3 is 6.18 Å². The second-order valence-corrected chi connectivity index (χ2v) is 7.13. The standard InChI is InChI=1S/C19H16F3N5/c20-19(21,22)11-9-14-16(24-10-11)27-17(26-14)18(6-2-7-18)15-5-4-12-13(25-15)3-1-8-23-12/h4-5,8-10H,1-3,6-7H2,(H,24,26,27). The molecule has 0 saturated heterocycles. The molecule has 0 atom stereocenters. The van der Waals surface area contributed by atoms with Crippen molar-refractivity contribution in [3.8, 4) is 0 Å². The third-order valence-electron chi connectivity index (χ3n) is 5.51. The maximum absolute atomic E-state index is 13.0. The molecule has 1 aliphatic carbocycles. The topological polar surface area (TPSA) is 66.8 Å². The zero-order valence-electron chi connectivity index (χ0n) is 14.3. The molecule has 138 valence electrons. The molecular formula is C19H16F3N5. The average molecular weight is 371 g/mol. The molecule has 0 spiro atoms. The number of H-pyrrole nitrogens is 1. The third kappa shape index (κ3) is 2.54. The number of aromatic amines is 1. The van der Waals surface area contributed by atoms with Crippen molar-refractivity contribution in [1.82, 2.24) is 19.9 Å². The average Bonchev–Trinajstić information content (AvgIpc) is 3.03. The van der Waals surface area contributed by atoms with Gasteiger partial charge in [0, 0.05) is 12.4 Å². The number of imidazole rings is 1. The summed E-state index contributed by atoms with van der Waals surface area (Å²) in [5, 5.41) is 0. The zero-order valence-corrected chi connectivity index (χ0v) is 14.3. The minimum atomic E-state index is -4.43. The first-order chi connectivity index (χ1) is 13.0. The van der Waals surface area contributed by atoms with E-state index in [0.29, 0.717) is 17.0 Å². The van der Waals surface area contributed by atoms with Crippen LogP contribution in [0.25, 0.3) is 11.2 Å². The third-order valence-corrected chi connectivity index (χ3v) is 5.51. The number of fused-ring (bicyclic) bond motifs is 2. The van der Waals surface area contributed by atoms with Crippen LogP contribution in [0.15, 0.2) is 29.4 Å². The number of hydrogen-bond acceptors (Lipinski definition) is 4. The molecule has 27 heavy (non-hydrogen) atoms. The summed E-state index contributed by atoms with van der Waals surface area (Å²) in [5.74, 6) is 0.641. The first-order valence-corrected chi connectivity index (χ1v) is 8.92. The Hall–Kier alpha value is -2.77. The highest BCUT2D eigenvalue weighted by Crippen LogP contribution is 2.48. The molecule has 0 radical (unpaired) electrons. The predicted octanol–water partition coefficient (Wildman–Crippen LogP) is 4.49. The molecule has 0 amide bonds. The van der Waals surface area contributed by atoms with Gasteiger partial charge in [0.15, 0.2) is 5.65 Å². The molecule has 1 N–H and O–H groups in total. The summed E-state index contributed by atoms with van der Waals surface area (Å²) in [6.45, 7) is 0. The fourth-order valence-corrected chi connectivity index (χ4v) is 3.85. The lowest BCUT2D eigenvalue weighted by Crippen LogP contribution is -2.37. The first-order valence-electron chi connectivity index (χ1n) is 8.92. The van der Waals surface area contributed by atoms with Gasteiger partial charge < -0.3 is 4.98 Å². The number of pyridine rings is 2. The van der Waals surface area contributed by atoms with Gasteiger partial charge in [0.2, 0.25) is 0 Å². The Balaban J connectivity index is 1.60. The lowest BCUT2D eigenvalue weighted by molar-refractivity contribution is -0.137. The molecule has 0 bridgehead atoms. The number of rotatable bonds is 2. The van der Waals surface area contributed by atoms with E-state index < -0.39 is 17.2 Å². The number of aliphatic imine (C=N–C) groups is 1. The number of aryl methyl sites for hydroxylation is 1. The van der Waals surface area contributed by atoms with Gasteiger partial charge in [-0.05, 0) is 43.9 Å². The van der Waals surface area contributed by atoms with Crippen LogP contribution in [0.1, 0.15) is 48.5 Å². The Labute approximate surface area is 152 Å². The van der Waals surface area contributed by atoms with Crippen LogP contribution in [0, 0.1) is 0 Å². The quantitative estimate of drug-likeness (QED) is 0.722. The zero-order chi connectivity index (χ0) is 18.6. The van der Waals surface area contributed by atoms with Crippen molar-refractivity contribution in [3.05, 3.63) is 47.2 Å². The lowest BCUT2D eigenvalue weighted by Gasteiger charge is -2.39. The second-order valence-electron chi connectivity index (χ2n) is 7.13. The van der Waals surface area contributed by atoms with Crippen molar-refractivity contribution >= 4 is 23.1 Å². The van der Waals surface area contributed by atoms with Crippen molar-refractivity contribution in [2.75, 3.05) is 0 Å². The molecule has 3 aromatic rings. The smallest absolute Gasteiger partial charge is 0.340 e. The Morgan fingerprint density at radius 3 is 2.70 bits per heavy atom. The summed E-state index contributed by atoms with van der Waals surface area (Å²) < 4.78 is 38.9. The van der Waals surface area contributed by atoms with Crippen LogP contribution < -0.4 is 0 Å². The molecule has 1 saturated carbocycles. The van der Waals surface area contributed by atoms with Gasteiger partial charge in [0.25, 0.3) is 0 Å². The molecule has 1 aliphatic heterocycles. The molecule has 8 heteroatoms. The van der Waals surface area contributed by atoms with Gasteiger partial charge in [0.05, 0.1) is 33.6 Å². The van der Waals surface area contributed by atoms with E-state index in [1.807, 2.05) is 18.3 Å². The van der Waals surface area contributed by atoms with Crippen LogP contribution in [-0.4, -0.2) is 26.2 Å². The molecule has 0 aromatic carbocycles. The second kappa shape index (κ2) is 5.61. The van der Waals surface area contributed by atoms with Gasteiger partial charge in [0.1, 0.15) is 5.82 Å². The van der Waals surface area contributed by atoms with E-state index in [0.717, 1.165) is 61.4 Å². The highest BCUT2D eigenvalue weighted by atomic mass is 19.4. The van der Waals surface area contributed by atoms with Crippen molar-refractivity contribution in [2.24, 2.45) is 4.99 Å². The van der Waals surface area contributed by atoms with Gasteiger partial charge in [-0.3, -0.25) is 9.98 Å². The highest BCUT2D eigenvalue weighted by Gasteiger charge is 2.45. The van der Waals surface area contributed by atoms with E-state index in [9.17, 15) is 13.2 Å². The van der Waals surface area contributed by atoms with E-state index in [1.54, 1.807) is 0 Å². The van der Waals surface area contributed by atoms with E-state index >= 15 is 0 Å². The van der Waals surface area contributed by atoms with Gasteiger partial charge in [-0.1, -0.05) is 6.42 Å². The lowest BCUT2D eigenvalue weighted by atomic mass is 9.65. The van der Waals surface area contributed by atoms with Crippen LogP contribution >= 0.6 is 0 Å². The summed E-state index contributed by atoms with van der Waals surface area (Å²) in [5.41, 5.74) is 2.18. The molecule has 5 rings (SSSR count). The van der Waals surface area contributed by atoms with Gasteiger partial charge in [-0.2, -0.15) is 13.2 Å². The van der Waals surface area contributed by atoms with E-state index in [4.69, 9.17) is 4.98 Å². The van der Waals surface area contributed by atoms with E-state index in [1.165, 1.54) is 0 Å². The minimum absolute atomic E-state index is 0.298. The normalized spacial score (nSPS) is 18.3. The largest absolute Gasteiger partial charge is 0.417 e. The summed E-state index contributed by atoms with van der Waals surface area (Å²) >= 11 is 0. The van der Waals surface area contributed by atoms with E-state index in [2.05, 4.69) is 19.9 Å². The molecule has 2 aliphatic rings. The maximum Gasteiger partial charge on any atom is 0.417 e. The van der Waals surface area contributed by atoms with Crippen LogP contribution in [0.3, 0.4) is 0 Å². The van der Waals surface area contributed by atoms with Gasteiger partial charge in [-0.25, -0.2) is 9.97 Å². The summed E-state index contributed by atoms with van der Waals surface area (Å²) in [7, 11) is 0. The van der Waals surface area contributed by atoms with Crippen molar-refractivity contribution in [3.63, 3.8) is 0 Å². The fourth-order valence-electron chi connectivity index (χ4n) is 3.85. The molecule has 3 aromatic heterocycles. The summed E-state index contributed by atoms with van der Waals surface area (Å²) in [6, 6.07) is 5.00. The van der Waals surface area contributed by atoms with Crippen LogP contribution in [0.2, 0.25) is 0 Å². The van der Waals surface area contributed by atoms with Crippen LogP contribution in [0.4, 0.5) is 18.9 Å². The van der Waals surface area contributed by atoms with Crippen LogP contribution in [0.5, 0.6) is 0 Å². The van der Waals surface area contributed by atoms with Crippen molar-refractivity contribution in [2.45, 2.75) is 43.7 Å². The van der Waals surface area contributed by atoms with Crippen molar-refractivity contribution < 1.29 is 13.2 Å². The Bertz CT molecular complexity index is 1060. The minimum Gasteiger partial charge on any atom is -0.340 e. The first kappa shape index (κ1) is 16.4. The number of alkyl halides is 3. The number of halogens is 3. The Kier molecular flexibility index (Phi) is 3.41. The van der Waals surface area contributed by atoms with Crippen molar-refractivity contribution in [1.29, 1.82) is 0 Å². The predicted molar refractivity (Wildman–Crippen MR) is 94.2 cm³/mol. The molecular weight excluding hydrogens is 355 g/mol. The summed E-state index contributed by atoms with van der Waals surface area (Å²) in [4.78, 5) is 20.7. The molecule has 4 heterocycles. The maximum atomic E-state index is 13.0. The van der Waals surface area contributed by atoms with Gasteiger partial charge in [-0.15, -0.1) is 0 Å². The molecule has 0 unspecified atom stereocenters. The number of aromatic nitrogens is 4. The van der Waals surface area contributed by atoms with Crippen LogP contribution in [-0.2, 0) is 18.0 Å². The Morgan fingerprint density at radius 1 is 1.11 bits per heavy atom. The Morgan fingerprint density at radius 2 is 1.96 bits per heavy atom. The fraction of sp³-hybridized carbons (Fsp3) is 0.368. The number of nitrogens with zero attached hydrogens (tertiary/aromatic N) is 4. The highest BCUT2D eigenvalue weighted by molar-refractivity contribution is 5.72. The number of nitrogens with one attached hydrogen (secondary N) is 1. The SMILES string of the molecule is FC(F)(F)c1cnc2nc(C3(c4ccc5c(n4)CCC=N5)CCC3)[nH]c2c1. The number of hydrogen-bond donors (Lipinski definition) is 1.